The molecule has 24 heavy (non-hydrogen) atoms. The Morgan fingerprint density at radius 3 is 2.29 bits per heavy atom. The lowest BCUT2D eigenvalue weighted by molar-refractivity contribution is -0.385. The molecule has 0 atom stereocenters. The SMILES string of the molecule is Cc1ccc(CN(C)S(=O)(=O)c2cc(Cl)c(C)c([N+](=O)[O-])c2)cc1. The van der Waals surface area contributed by atoms with Crippen LogP contribution in [0.3, 0.4) is 0 Å². The number of hydrogen-bond donors (Lipinski definition) is 0. The van der Waals surface area contributed by atoms with Gasteiger partial charge in [0.05, 0.1) is 14.8 Å². The van der Waals surface area contributed by atoms with Gasteiger partial charge in [0.2, 0.25) is 10.0 Å². The molecule has 0 spiro atoms. The molecule has 0 unspecified atom stereocenters. The molecule has 0 fully saturated rings. The molecule has 0 amide bonds. The lowest BCUT2D eigenvalue weighted by Crippen LogP contribution is -2.26. The van der Waals surface area contributed by atoms with Gasteiger partial charge in [0.15, 0.2) is 0 Å². The van der Waals surface area contributed by atoms with E-state index in [0.717, 1.165) is 21.5 Å². The third kappa shape index (κ3) is 3.75. The monoisotopic (exact) mass is 368 g/mol. The quantitative estimate of drug-likeness (QED) is 0.595. The number of hydrogen-bond acceptors (Lipinski definition) is 4. The first-order valence-corrected chi connectivity index (χ1v) is 8.91. The minimum absolute atomic E-state index is 0.0477. The lowest BCUT2D eigenvalue weighted by Gasteiger charge is -2.18. The van der Waals surface area contributed by atoms with Gasteiger partial charge in [0, 0.05) is 25.2 Å². The average molecular weight is 369 g/mol. The summed E-state index contributed by atoms with van der Waals surface area (Å²) >= 11 is 5.96. The summed E-state index contributed by atoms with van der Waals surface area (Å²) in [5, 5.41) is 11.1. The Morgan fingerprint density at radius 2 is 1.75 bits per heavy atom. The average Bonchev–Trinajstić information content (AvgIpc) is 2.51. The minimum atomic E-state index is -3.90. The number of benzene rings is 2. The van der Waals surface area contributed by atoms with Gasteiger partial charge in [0.1, 0.15) is 0 Å². The van der Waals surface area contributed by atoms with Crippen molar-refractivity contribution in [2.24, 2.45) is 0 Å². The summed E-state index contributed by atoms with van der Waals surface area (Å²) < 4.78 is 26.5. The molecule has 0 aromatic heterocycles. The van der Waals surface area contributed by atoms with Crippen LogP contribution >= 0.6 is 11.6 Å². The first-order chi connectivity index (χ1) is 11.1. The highest BCUT2D eigenvalue weighted by molar-refractivity contribution is 7.89. The van der Waals surface area contributed by atoms with E-state index in [0.29, 0.717) is 0 Å². The van der Waals surface area contributed by atoms with Crippen LogP contribution < -0.4 is 0 Å². The van der Waals surface area contributed by atoms with Crippen LogP contribution in [-0.4, -0.2) is 24.7 Å². The topological polar surface area (TPSA) is 80.5 Å². The van der Waals surface area contributed by atoms with E-state index in [2.05, 4.69) is 0 Å². The highest BCUT2D eigenvalue weighted by Crippen LogP contribution is 2.31. The first-order valence-electron chi connectivity index (χ1n) is 7.09. The van der Waals surface area contributed by atoms with Gasteiger partial charge in [-0.05, 0) is 25.5 Å². The third-order valence-electron chi connectivity index (χ3n) is 3.72. The minimum Gasteiger partial charge on any atom is -0.258 e. The van der Waals surface area contributed by atoms with Gasteiger partial charge in [-0.2, -0.15) is 4.31 Å². The second kappa shape index (κ2) is 6.88. The number of nitrogens with zero attached hydrogens (tertiary/aromatic N) is 2. The molecule has 2 aromatic carbocycles. The molecule has 8 heteroatoms. The molecule has 2 aromatic rings. The Hall–Kier alpha value is -1.96. The second-order valence-electron chi connectivity index (χ2n) is 5.55. The first kappa shape index (κ1) is 18.4. The molecular formula is C16H17ClN2O4S. The zero-order chi connectivity index (χ0) is 18.1. The Kier molecular flexibility index (Phi) is 5.27. The van der Waals surface area contributed by atoms with E-state index in [4.69, 9.17) is 11.6 Å². The predicted octanol–water partition coefficient (Wildman–Crippen LogP) is 3.69. The molecule has 0 aliphatic carbocycles. The van der Waals surface area contributed by atoms with E-state index < -0.39 is 14.9 Å². The molecule has 2 rings (SSSR count). The van der Waals surface area contributed by atoms with Crippen LogP contribution in [0.25, 0.3) is 0 Å². The van der Waals surface area contributed by atoms with Crippen molar-refractivity contribution < 1.29 is 13.3 Å². The summed E-state index contributed by atoms with van der Waals surface area (Å²) in [6, 6.07) is 9.75. The molecule has 128 valence electrons. The normalized spacial score (nSPS) is 11.7. The van der Waals surface area contributed by atoms with E-state index >= 15 is 0 Å². The van der Waals surface area contributed by atoms with Crippen molar-refractivity contribution >= 4 is 27.3 Å². The number of nitro groups is 1. The van der Waals surface area contributed by atoms with Crippen molar-refractivity contribution in [2.45, 2.75) is 25.3 Å². The fraction of sp³-hybridized carbons (Fsp3) is 0.250. The van der Waals surface area contributed by atoms with Gasteiger partial charge < -0.3 is 0 Å². The molecule has 0 bridgehead atoms. The van der Waals surface area contributed by atoms with Gasteiger partial charge in [-0.1, -0.05) is 41.4 Å². The molecule has 0 radical (unpaired) electrons. The highest BCUT2D eigenvalue weighted by atomic mass is 35.5. The predicted molar refractivity (Wildman–Crippen MR) is 92.7 cm³/mol. The Balaban J connectivity index is 2.39. The Bertz CT molecular complexity index is 880. The number of nitro benzene ring substituents is 1. The fourth-order valence-electron chi connectivity index (χ4n) is 2.19. The van der Waals surface area contributed by atoms with Crippen molar-refractivity contribution in [1.29, 1.82) is 0 Å². The van der Waals surface area contributed by atoms with Crippen LogP contribution in [-0.2, 0) is 16.6 Å². The van der Waals surface area contributed by atoms with Crippen LogP contribution in [0.5, 0.6) is 0 Å². The summed E-state index contributed by atoms with van der Waals surface area (Å²) in [7, 11) is -2.47. The summed E-state index contributed by atoms with van der Waals surface area (Å²) in [6.45, 7) is 3.58. The van der Waals surface area contributed by atoms with E-state index in [1.807, 2.05) is 31.2 Å². The maximum Gasteiger partial charge on any atom is 0.275 e. The summed E-state index contributed by atoms with van der Waals surface area (Å²) in [6.07, 6.45) is 0. The van der Waals surface area contributed by atoms with Crippen LogP contribution in [0.4, 0.5) is 5.69 Å². The molecule has 6 nitrogen and oxygen atoms in total. The zero-order valence-electron chi connectivity index (χ0n) is 13.5. The van der Waals surface area contributed by atoms with Gasteiger partial charge in [0.25, 0.3) is 5.69 Å². The van der Waals surface area contributed by atoms with Crippen molar-refractivity contribution in [3.05, 3.63) is 68.2 Å². The maximum absolute atomic E-state index is 12.7. The molecule has 0 saturated heterocycles. The Labute approximate surface area is 145 Å². The van der Waals surface area contributed by atoms with Gasteiger partial charge >= 0.3 is 0 Å². The summed E-state index contributed by atoms with van der Waals surface area (Å²) in [4.78, 5) is 10.3. The van der Waals surface area contributed by atoms with Crippen LogP contribution in [0.1, 0.15) is 16.7 Å². The summed E-state index contributed by atoms with van der Waals surface area (Å²) in [5.41, 5.74) is 1.82. The van der Waals surface area contributed by atoms with E-state index in [1.165, 1.54) is 20.0 Å². The van der Waals surface area contributed by atoms with Gasteiger partial charge in [-0.25, -0.2) is 8.42 Å². The lowest BCUT2D eigenvalue weighted by atomic mass is 10.1. The van der Waals surface area contributed by atoms with Gasteiger partial charge in [-0.3, -0.25) is 10.1 Å². The van der Waals surface area contributed by atoms with E-state index in [-0.39, 0.29) is 27.7 Å². The number of halogens is 1. The standard InChI is InChI=1S/C16H17ClN2O4S/c1-11-4-6-13(7-5-11)10-18(3)24(22,23)14-8-15(17)12(2)16(9-14)19(20)21/h4-9H,10H2,1-3H3. The van der Waals surface area contributed by atoms with Crippen molar-refractivity contribution in [2.75, 3.05) is 7.05 Å². The molecule has 0 aliphatic heterocycles. The van der Waals surface area contributed by atoms with Crippen LogP contribution in [0, 0.1) is 24.0 Å². The number of aryl methyl sites for hydroxylation is 1. The second-order valence-corrected chi connectivity index (χ2v) is 8.01. The fourth-order valence-corrected chi connectivity index (χ4v) is 3.68. The molecule has 0 aliphatic rings. The van der Waals surface area contributed by atoms with Crippen LogP contribution in [0.2, 0.25) is 5.02 Å². The van der Waals surface area contributed by atoms with Crippen molar-refractivity contribution in [1.82, 2.24) is 4.31 Å². The molecule has 0 saturated carbocycles. The van der Waals surface area contributed by atoms with Crippen molar-refractivity contribution in [3.63, 3.8) is 0 Å². The van der Waals surface area contributed by atoms with Gasteiger partial charge in [-0.15, -0.1) is 0 Å². The largest absolute Gasteiger partial charge is 0.275 e. The van der Waals surface area contributed by atoms with Crippen LogP contribution in [0.15, 0.2) is 41.3 Å². The molecule has 0 heterocycles. The number of rotatable bonds is 5. The van der Waals surface area contributed by atoms with E-state index in [9.17, 15) is 18.5 Å². The smallest absolute Gasteiger partial charge is 0.258 e. The maximum atomic E-state index is 12.7. The zero-order valence-corrected chi connectivity index (χ0v) is 15.1. The number of sulfonamides is 1. The highest BCUT2D eigenvalue weighted by Gasteiger charge is 2.26. The third-order valence-corrected chi connectivity index (χ3v) is 5.89. The van der Waals surface area contributed by atoms with E-state index in [1.54, 1.807) is 0 Å². The summed E-state index contributed by atoms with van der Waals surface area (Å²) in [5.74, 6) is 0. The van der Waals surface area contributed by atoms with Crippen molar-refractivity contribution in [3.8, 4) is 0 Å². The molecule has 0 N–H and O–H groups in total. The Morgan fingerprint density at radius 1 is 1.17 bits per heavy atom. The molecular weight excluding hydrogens is 352 g/mol.